The predicted molar refractivity (Wildman–Crippen MR) is 79.6 cm³/mol. The summed E-state index contributed by atoms with van der Waals surface area (Å²) in [6.07, 6.45) is 10.1. The average Bonchev–Trinajstić information content (AvgIpc) is 3.28. The van der Waals surface area contributed by atoms with Crippen LogP contribution in [-0.4, -0.2) is 40.0 Å². The van der Waals surface area contributed by atoms with Crippen LogP contribution in [0.5, 0.6) is 0 Å². The van der Waals surface area contributed by atoms with Gasteiger partial charge in [-0.05, 0) is 12.8 Å². The molecule has 0 aromatic rings. The fourth-order valence-corrected chi connectivity index (χ4v) is 2.88. The Hall–Kier alpha value is -0.160. The molecule has 20 heavy (non-hydrogen) atoms. The second-order valence-electron chi connectivity index (χ2n) is 5.66. The quantitative estimate of drug-likeness (QED) is 0.294. The van der Waals surface area contributed by atoms with Crippen LogP contribution in [0.4, 0.5) is 0 Å². The fraction of sp³-hybridized carbons (Fsp3) is 1.00. The molecule has 4 heteroatoms. The lowest BCUT2D eigenvalue weighted by Gasteiger charge is -2.36. The summed E-state index contributed by atoms with van der Waals surface area (Å²) in [5, 5.41) is 0. The minimum absolute atomic E-state index is 0.223. The highest BCUT2D eigenvalue weighted by Crippen LogP contribution is 2.35. The summed E-state index contributed by atoms with van der Waals surface area (Å²) >= 11 is 0. The molecule has 2 unspecified atom stereocenters. The SMILES string of the molecule is CCCCCCCCC(CC1CO1)C(OC)(OC)OC. The molecule has 1 aliphatic heterocycles. The predicted octanol–water partition coefficient (Wildman–Crippen LogP) is 3.74. The lowest BCUT2D eigenvalue weighted by atomic mass is 9.93. The van der Waals surface area contributed by atoms with Crippen molar-refractivity contribution in [2.45, 2.75) is 70.4 Å². The van der Waals surface area contributed by atoms with Crippen LogP contribution in [0.25, 0.3) is 0 Å². The monoisotopic (exact) mass is 288 g/mol. The van der Waals surface area contributed by atoms with Crippen LogP contribution in [0.15, 0.2) is 0 Å². The zero-order valence-electron chi connectivity index (χ0n) is 13.7. The zero-order valence-corrected chi connectivity index (χ0v) is 13.7. The van der Waals surface area contributed by atoms with Crippen molar-refractivity contribution < 1.29 is 18.9 Å². The van der Waals surface area contributed by atoms with Crippen LogP contribution in [0.2, 0.25) is 0 Å². The highest BCUT2D eigenvalue weighted by Gasteiger charge is 2.43. The lowest BCUT2D eigenvalue weighted by Crippen LogP contribution is -2.44. The first-order chi connectivity index (χ1) is 9.72. The standard InChI is InChI=1S/C16H32O4/c1-5-6-7-8-9-10-11-14(12-15-13-20-15)16(17-2,18-3)19-4/h14-15H,5-13H2,1-4H3. The molecule has 1 heterocycles. The Kier molecular flexibility index (Phi) is 8.69. The van der Waals surface area contributed by atoms with Crippen LogP contribution in [0.1, 0.15) is 58.3 Å². The van der Waals surface area contributed by atoms with E-state index in [-0.39, 0.29) is 5.92 Å². The van der Waals surface area contributed by atoms with Crippen LogP contribution in [0, 0.1) is 5.92 Å². The first-order valence-electron chi connectivity index (χ1n) is 7.99. The summed E-state index contributed by atoms with van der Waals surface area (Å²) in [5.41, 5.74) is 0. The van der Waals surface area contributed by atoms with E-state index >= 15 is 0 Å². The highest BCUT2D eigenvalue weighted by molar-refractivity contribution is 4.80. The number of rotatable bonds is 13. The van der Waals surface area contributed by atoms with Gasteiger partial charge >= 0.3 is 0 Å². The van der Waals surface area contributed by atoms with E-state index in [4.69, 9.17) is 18.9 Å². The first-order valence-corrected chi connectivity index (χ1v) is 7.99. The molecule has 0 spiro atoms. The maximum atomic E-state index is 5.52. The topological polar surface area (TPSA) is 40.2 Å². The van der Waals surface area contributed by atoms with Gasteiger partial charge in [0.25, 0.3) is 5.97 Å². The number of methoxy groups -OCH3 is 3. The van der Waals surface area contributed by atoms with E-state index in [9.17, 15) is 0 Å². The van der Waals surface area contributed by atoms with E-state index in [1.165, 1.54) is 38.5 Å². The first kappa shape index (κ1) is 17.9. The van der Waals surface area contributed by atoms with Gasteiger partial charge in [0.1, 0.15) is 0 Å². The molecule has 2 atom stereocenters. The van der Waals surface area contributed by atoms with Gasteiger partial charge in [-0.1, -0.05) is 45.4 Å². The van der Waals surface area contributed by atoms with Gasteiger partial charge in [-0.3, -0.25) is 0 Å². The summed E-state index contributed by atoms with van der Waals surface area (Å²) in [6.45, 7) is 3.11. The van der Waals surface area contributed by atoms with Gasteiger partial charge in [0.05, 0.1) is 12.7 Å². The molecule has 120 valence electrons. The second-order valence-corrected chi connectivity index (χ2v) is 5.66. The molecule has 1 fully saturated rings. The van der Waals surface area contributed by atoms with Crippen molar-refractivity contribution in [1.29, 1.82) is 0 Å². The zero-order chi connectivity index (χ0) is 14.8. The van der Waals surface area contributed by atoms with Crippen molar-refractivity contribution >= 4 is 0 Å². The van der Waals surface area contributed by atoms with Crippen molar-refractivity contribution in [3.05, 3.63) is 0 Å². The molecule has 0 bridgehead atoms. The van der Waals surface area contributed by atoms with Crippen molar-refractivity contribution in [3.8, 4) is 0 Å². The number of epoxide rings is 1. The van der Waals surface area contributed by atoms with Crippen molar-refractivity contribution in [2.24, 2.45) is 5.92 Å². The summed E-state index contributed by atoms with van der Waals surface area (Å²) in [7, 11) is 4.94. The average molecular weight is 288 g/mol. The third-order valence-electron chi connectivity index (χ3n) is 4.21. The summed E-state index contributed by atoms with van der Waals surface area (Å²) in [4.78, 5) is 0. The molecule has 1 saturated heterocycles. The number of hydrogen-bond donors (Lipinski definition) is 0. The maximum Gasteiger partial charge on any atom is 0.285 e. The molecule has 0 N–H and O–H groups in total. The minimum Gasteiger partial charge on any atom is -0.373 e. The van der Waals surface area contributed by atoms with Gasteiger partial charge in [0.2, 0.25) is 0 Å². The Bertz CT molecular complexity index is 228. The van der Waals surface area contributed by atoms with Gasteiger partial charge in [0, 0.05) is 27.2 Å². The van der Waals surface area contributed by atoms with Gasteiger partial charge in [0.15, 0.2) is 0 Å². The minimum atomic E-state index is -0.921. The van der Waals surface area contributed by atoms with E-state index in [2.05, 4.69) is 6.92 Å². The molecule has 0 radical (unpaired) electrons. The maximum absolute atomic E-state index is 5.52. The largest absolute Gasteiger partial charge is 0.373 e. The van der Waals surface area contributed by atoms with Crippen molar-refractivity contribution in [1.82, 2.24) is 0 Å². The molecule has 0 aromatic carbocycles. The Morgan fingerprint density at radius 2 is 1.55 bits per heavy atom. The molecule has 0 aliphatic carbocycles. The Balaban J connectivity index is 2.38. The van der Waals surface area contributed by atoms with Crippen LogP contribution >= 0.6 is 0 Å². The van der Waals surface area contributed by atoms with Crippen LogP contribution in [-0.2, 0) is 18.9 Å². The Morgan fingerprint density at radius 1 is 1.00 bits per heavy atom. The smallest absolute Gasteiger partial charge is 0.285 e. The third-order valence-corrected chi connectivity index (χ3v) is 4.21. The molecular formula is C16H32O4. The molecule has 0 aromatic heterocycles. The van der Waals surface area contributed by atoms with E-state index in [0.29, 0.717) is 6.10 Å². The fourth-order valence-electron chi connectivity index (χ4n) is 2.88. The molecular weight excluding hydrogens is 256 g/mol. The summed E-state index contributed by atoms with van der Waals surface area (Å²) < 4.78 is 21.9. The lowest BCUT2D eigenvalue weighted by molar-refractivity contribution is -0.380. The van der Waals surface area contributed by atoms with Gasteiger partial charge in [-0.15, -0.1) is 0 Å². The van der Waals surface area contributed by atoms with Gasteiger partial charge in [-0.25, -0.2) is 0 Å². The van der Waals surface area contributed by atoms with E-state index in [0.717, 1.165) is 19.4 Å². The number of ether oxygens (including phenoxy) is 4. The highest BCUT2D eigenvalue weighted by atomic mass is 16.9. The molecule has 0 amide bonds. The van der Waals surface area contributed by atoms with Crippen LogP contribution < -0.4 is 0 Å². The van der Waals surface area contributed by atoms with Crippen molar-refractivity contribution in [3.63, 3.8) is 0 Å². The molecule has 0 saturated carbocycles. The van der Waals surface area contributed by atoms with E-state index in [1.54, 1.807) is 21.3 Å². The second kappa shape index (κ2) is 9.72. The van der Waals surface area contributed by atoms with Crippen LogP contribution in [0.3, 0.4) is 0 Å². The molecule has 1 rings (SSSR count). The normalized spacial score (nSPS) is 20.1. The summed E-state index contributed by atoms with van der Waals surface area (Å²) in [6, 6.07) is 0. The number of unbranched alkanes of at least 4 members (excludes halogenated alkanes) is 5. The van der Waals surface area contributed by atoms with E-state index < -0.39 is 5.97 Å². The van der Waals surface area contributed by atoms with E-state index in [1.807, 2.05) is 0 Å². The van der Waals surface area contributed by atoms with Crippen molar-refractivity contribution in [2.75, 3.05) is 27.9 Å². The molecule has 1 aliphatic rings. The van der Waals surface area contributed by atoms with Gasteiger partial charge in [-0.2, -0.15) is 0 Å². The Labute approximate surface area is 124 Å². The molecule has 4 nitrogen and oxygen atoms in total. The summed E-state index contributed by atoms with van der Waals surface area (Å²) in [5.74, 6) is -0.698. The van der Waals surface area contributed by atoms with Gasteiger partial charge < -0.3 is 18.9 Å². The number of hydrogen-bond acceptors (Lipinski definition) is 4. The Morgan fingerprint density at radius 3 is 2.05 bits per heavy atom. The third kappa shape index (κ3) is 5.68.